The van der Waals surface area contributed by atoms with E-state index in [-0.39, 0.29) is 18.1 Å². The van der Waals surface area contributed by atoms with Crippen LogP contribution in [0.25, 0.3) is 10.2 Å². The fraction of sp³-hybridized carbons (Fsp3) is 0.158. The normalized spacial score (nSPS) is 11.8. The summed E-state index contributed by atoms with van der Waals surface area (Å²) in [5, 5.41) is 0. The van der Waals surface area contributed by atoms with E-state index in [0.717, 1.165) is 21.3 Å². The van der Waals surface area contributed by atoms with Gasteiger partial charge in [0.05, 0.1) is 16.6 Å². The number of thiazole rings is 1. The van der Waals surface area contributed by atoms with E-state index in [1.165, 1.54) is 23.5 Å². The van der Waals surface area contributed by atoms with Crippen molar-refractivity contribution in [1.29, 1.82) is 0 Å². The maximum atomic E-state index is 13.4. The van der Waals surface area contributed by atoms with Gasteiger partial charge in [0.2, 0.25) is 0 Å². The van der Waals surface area contributed by atoms with Crippen LogP contribution in [-0.2, 0) is 17.8 Å². The number of fused-ring (bicyclic) bond motifs is 1. The lowest BCUT2D eigenvalue weighted by molar-refractivity contribution is -0.117. The lowest BCUT2D eigenvalue weighted by Gasteiger charge is -2.01. The highest BCUT2D eigenvalue weighted by Gasteiger charge is 2.08. The van der Waals surface area contributed by atoms with E-state index in [1.807, 2.05) is 35.8 Å². The molecule has 0 radical (unpaired) electrons. The number of carbonyl (C=O) groups is 1. The number of carbonyl (C=O) groups excluding carboxylic acids is 1. The molecule has 0 saturated heterocycles. The number of benzene rings is 2. The van der Waals surface area contributed by atoms with Gasteiger partial charge >= 0.3 is 0 Å². The number of nitrogens with zero attached hydrogens (tertiary/aromatic N) is 2. The Bertz CT molecular complexity index is 967. The van der Waals surface area contributed by atoms with E-state index in [0.29, 0.717) is 11.3 Å². The minimum atomic E-state index is -0.299. The second-order valence-corrected chi connectivity index (χ2v) is 6.57. The van der Waals surface area contributed by atoms with E-state index in [4.69, 9.17) is 0 Å². The lowest BCUT2D eigenvalue weighted by atomic mass is 10.1. The van der Waals surface area contributed by atoms with E-state index in [2.05, 4.69) is 11.6 Å². The molecule has 0 N–H and O–H groups in total. The number of aromatic nitrogens is 1. The van der Waals surface area contributed by atoms with Crippen molar-refractivity contribution in [3.8, 4) is 0 Å². The molecule has 0 aliphatic carbocycles. The quantitative estimate of drug-likeness (QED) is 0.661. The van der Waals surface area contributed by atoms with Crippen molar-refractivity contribution in [3.05, 3.63) is 76.9 Å². The molecule has 2 aromatic carbocycles. The number of aryl methyl sites for hydroxylation is 1. The van der Waals surface area contributed by atoms with Gasteiger partial charge < -0.3 is 4.57 Å². The third-order valence-electron chi connectivity index (χ3n) is 3.65. The van der Waals surface area contributed by atoms with Crippen LogP contribution in [0, 0.1) is 12.7 Å². The van der Waals surface area contributed by atoms with Crippen LogP contribution in [0.3, 0.4) is 0 Å². The highest BCUT2D eigenvalue weighted by Crippen LogP contribution is 2.18. The Hall–Kier alpha value is -2.53. The first-order valence-electron chi connectivity index (χ1n) is 7.60. The van der Waals surface area contributed by atoms with E-state index < -0.39 is 0 Å². The van der Waals surface area contributed by atoms with Gasteiger partial charge in [0.15, 0.2) is 4.80 Å². The van der Waals surface area contributed by atoms with Crippen molar-refractivity contribution >= 4 is 27.5 Å². The largest absolute Gasteiger partial charge is 0.313 e. The van der Waals surface area contributed by atoms with Crippen LogP contribution in [0.15, 0.2) is 60.1 Å². The van der Waals surface area contributed by atoms with E-state index >= 15 is 0 Å². The Labute approximate surface area is 143 Å². The van der Waals surface area contributed by atoms with Crippen molar-refractivity contribution in [1.82, 2.24) is 4.57 Å². The summed E-state index contributed by atoms with van der Waals surface area (Å²) in [6.07, 6.45) is 1.98. The molecule has 5 heteroatoms. The molecule has 122 valence electrons. The monoisotopic (exact) mass is 340 g/mol. The van der Waals surface area contributed by atoms with Gasteiger partial charge in [0.25, 0.3) is 5.91 Å². The average molecular weight is 340 g/mol. The van der Waals surface area contributed by atoms with Crippen LogP contribution in [0.2, 0.25) is 0 Å². The molecule has 0 aliphatic heterocycles. The number of allylic oxidation sites excluding steroid dienone is 1. The molecule has 3 nitrogen and oxygen atoms in total. The summed E-state index contributed by atoms with van der Waals surface area (Å²) in [5.74, 6) is -0.518. The molecule has 24 heavy (non-hydrogen) atoms. The fourth-order valence-electron chi connectivity index (χ4n) is 2.46. The van der Waals surface area contributed by atoms with Gasteiger partial charge in [-0.05, 0) is 30.7 Å². The van der Waals surface area contributed by atoms with Crippen LogP contribution >= 0.6 is 11.3 Å². The van der Waals surface area contributed by atoms with Crippen LogP contribution < -0.4 is 4.80 Å². The zero-order valence-electron chi connectivity index (χ0n) is 13.3. The molecule has 0 bridgehead atoms. The Morgan fingerprint density at radius 1 is 1.29 bits per heavy atom. The van der Waals surface area contributed by atoms with Gasteiger partial charge in [0, 0.05) is 6.54 Å². The lowest BCUT2D eigenvalue weighted by Crippen LogP contribution is -2.16. The summed E-state index contributed by atoms with van der Waals surface area (Å²) in [4.78, 5) is 17.1. The van der Waals surface area contributed by atoms with Crippen molar-refractivity contribution < 1.29 is 9.18 Å². The number of rotatable bonds is 4. The van der Waals surface area contributed by atoms with Crippen LogP contribution in [0.1, 0.15) is 11.1 Å². The summed E-state index contributed by atoms with van der Waals surface area (Å²) in [6, 6.07) is 12.4. The maximum Gasteiger partial charge on any atom is 0.252 e. The molecule has 3 aromatic rings. The molecule has 0 spiro atoms. The zero-order valence-corrected chi connectivity index (χ0v) is 14.1. The first-order chi connectivity index (χ1) is 11.6. The maximum absolute atomic E-state index is 13.4. The number of hydrogen-bond donors (Lipinski definition) is 0. The Morgan fingerprint density at radius 3 is 2.75 bits per heavy atom. The van der Waals surface area contributed by atoms with Crippen molar-refractivity contribution in [2.45, 2.75) is 19.9 Å². The molecule has 3 rings (SSSR count). The van der Waals surface area contributed by atoms with Crippen molar-refractivity contribution in [3.63, 3.8) is 0 Å². The Kier molecular flexibility index (Phi) is 4.71. The number of hydrogen-bond acceptors (Lipinski definition) is 2. The van der Waals surface area contributed by atoms with E-state index in [9.17, 15) is 9.18 Å². The molecule has 1 heterocycles. The molecule has 1 amide bonds. The van der Waals surface area contributed by atoms with Crippen LogP contribution in [0.5, 0.6) is 0 Å². The zero-order chi connectivity index (χ0) is 17.1. The van der Waals surface area contributed by atoms with Gasteiger partial charge in [-0.1, -0.05) is 47.2 Å². The minimum absolute atomic E-state index is 0.219. The molecule has 0 fully saturated rings. The third kappa shape index (κ3) is 3.51. The second-order valence-electron chi connectivity index (χ2n) is 5.56. The smallest absolute Gasteiger partial charge is 0.252 e. The van der Waals surface area contributed by atoms with Gasteiger partial charge in [-0.3, -0.25) is 4.79 Å². The van der Waals surface area contributed by atoms with Gasteiger partial charge in [0.1, 0.15) is 5.82 Å². The summed E-state index contributed by atoms with van der Waals surface area (Å²) >= 11 is 1.31. The minimum Gasteiger partial charge on any atom is -0.313 e. The van der Waals surface area contributed by atoms with Gasteiger partial charge in [-0.2, -0.15) is 4.99 Å². The first-order valence-corrected chi connectivity index (χ1v) is 8.41. The molecule has 0 unspecified atom stereocenters. The average Bonchev–Trinajstić information content (AvgIpc) is 2.86. The molecule has 0 atom stereocenters. The standard InChI is InChI=1S/C19H17FN2OS/c1-3-10-22-16-9-8-15(20)12-17(16)24-19(22)21-18(23)11-14-6-4-13(2)5-7-14/h3-9,12H,1,10-11H2,2H3. The molecule has 1 aromatic heterocycles. The first kappa shape index (κ1) is 16.3. The number of amides is 1. The summed E-state index contributed by atoms with van der Waals surface area (Å²) < 4.78 is 16.1. The predicted octanol–water partition coefficient (Wildman–Crippen LogP) is 4.01. The molecular formula is C19H17FN2OS. The second kappa shape index (κ2) is 6.93. The third-order valence-corrected chi connectivity index (χ3v) is 4.69. The van der Waals surface area contributed by atoms with Crippen LogP contribution in [-0.4, -0.2) is 10.5 Å². The van der Waals surface area contributed by atoms with Gasteiger partial charge in [-0.25, -0.2) is 4.39 Å². The fourth-order valence-corrected chi connectivity index (χ4v) is 3.55. The van der Waals surface area contributed by atoms with Crippen LogP contribution in [0.4, 0.5) is 4.39 Å². The van der Waals surface area contributed by atoms with E-state index in [1.54, 1.807) is 12.1 Å². The SMILES string of the molecule is C=CCn1c(=NC(=O)Cc2ccc(C)cc2)sc2cc(F)ccc21. The number of halogens is 1. The van der Waals surface area contributed by atoms with Crippen molar-refractivity contribution in [2.75, 3.05) is 0 Å². The Morgan fingerprint density at radius 2 is 2.04 bits per heavy atom. The highest BCUT2D eigenvalue weighted by molar-refractivity contribution is 7.16. The topological polar surface area (TPSA) is 34.4 Å². The van der Waals surface area contributed by atoms with Gasteiger partial charge in [-0.15, -0.1) is 6.58 Å². The highest BCUT2D eigenvalue weighted by atomic mass is 32.1. The summed E-state index contributed by atoms with van der Waals surface area (Å²) in [5.41, 5.74) is 2.93. The van der Waals surface area contributed by atoms with Crippen molar-refractivity contribution in [2.24, 2.45) is 4.99 Å². The predicted molar refractivity (Wildman–Crippen MR) is 95.4 cm³/mol. The Balaban J connectivity index is 1.98. The molecule has 0 aliphatic rings. The molecular weight excluding hydrogens is 323 g/mol. The summed E-state index contributed by atoms with van der Waals surface area (Å²) in [6.45, 7) is 6.26. The summed E-state index contributed by atoms with van der Waals surface area (Å²) in [7, 11) is 0. The molecule has 0 saturated carbocycles.